The van der Waals surface area contributed by atoms with E-state index in [1.807, 2.05) is 18.2 Å². The highest BCUT2D eigenvalue weighted by molar-refractivity contribution is 6.35. The van der Waals surface area contributed by atoms with Gasteiger partial charge >= 0.3 is 12.4 Å². The van der Waals surface area contributed by atoms with Crippen LogP contribution in [-0.4, -0.2) is 20.4 Å². The van der Waals surface area contributed by atoms with Crippen LogP contribution < -0.4 is 10.6 Å². The topological polar surface area (TPSA) is 81.4 Å². The van der Waals surface area contributed by atoms with E-state index in [1.165, 1.54) is 12.1 Å². The third-order valence-electron chi connectivity index (χ3n) is 8.62. The average Bonchev–Trinajstić information content (AvgIpc) is 3.78. The second-order valence-electron chi connectivity index (χ2n) is 12.4. The highest BCUT2D eigenvalue weighted by atomic mass is 35.5. The molecule has 0 atom stereocenters. The minimum absolute atomic E-state index is 0.0235. The Morgan fingerprint density at radius 3 is 1.37 bits per heavy atom. The van der Waals surface area contributed by atoms with E-state index in [0.29, 0.717) is 33.8 Å². The summed E-state index contributed by atoms with van der Waals surface area (Å²) in [6.07, 6.45) is -9.13. The van der Waals surface area contributed by atoms with Crippen LogP contribution in [0.2, 0.25) is 10.0 Å². The molecular formula is C40H23Cl2F9N6. The lowest BCUT2D eigenvalue weighted by molar-refractivity contribution is -0.138. The monoisotopic (exact) mass is 828 g/mol. The highest BCUT2D eigenvalue weighted by Crippen LogP contribution is 2.40. The fourth-order valence-electron chi connectivity index (χ4n) is 5.88. The maximum absolute atomic E-state index is 14.7. The van der Waals surface area contributed by atoms with E-state index in [9.17, 15) is 39.5 Å². The van der Waals surface area contributed by atoms with Gasteiger partial charge < -0.3 is 10.6 Å². The molecular weight excluding hydrogens is 806 g/mol. The fourth-order valence-corrected chi connectivity index (χ4v) is 6.39. The Morgan fingerprint density at radius 2 is 0.930 bits per heavy atom. The molecule has 8 rings (SSSR count). The van der Waals surface area contributed by atoms with Crippen molar-refractivity contribution in [2.24, 2.45) is 0 Å². The third kappa shape index (κ3) is 8.20. The van der Waals surface area contributed by atoms with Crippen LogP contribution in [0, 0.1) is 17.5 Å². The van der Waals surface area contributed by atoms with Crippen molar-refractivity contribution in [2.45, 2.75) is 12.4 Å². The van der Waals surface area contributed by atoms with Crippen molar-refractivity contribution >= 4 is 68.0 Å². The molecule has 0 unspecified atom stereocenters. The minimum Gasteiger partial charge on any atom is -0.338 e. The Hall–Kier alpha value is -6.19. The number of hydrogen-bond acceptors (Lipinski definition) is 4. The summed E-state index contributed by atoms with van der Waals surface area (Å²) in [5, 5.41) is 19.0. The molecule has 0 fully saturated rings. The van der Waals surface area contributed by atoms with Crippen LogP contribution in [0.25, 0.3) is 44.1 Å². The summed E-state index contributed by atoms with van der Waals surface area (Å²) in [5.41, 5.74) is 0.642. The molecule has 17 heteroatoms. The number of fused-ring (bicyclic) bond motifs is 2. The predicted octanol–water partition coefficient (Wildman–Crippen LogP) is 13.7. The van der Waals surface area contributed by atoms with Crippen molar-refractivity contribution < 1.29 is 39.5 Å². The van der Waals surface area contributed by atoms with E-state index < -0.39 is 40.9 Å². The zero-order valence-electron chi connectivity index (χ0n) is 28.5. The second kappa shape index (κ2) is 15.4. The van der Waals surface area contributed by atoms with Crippen LogP contribution in [0.5, 0.6) is 0 Å². The Bertz CT molecular complexity index is 2710. The molecule has 0 bridgehead atoms. The summed E-state index contributed by atoms with van der Waals surface area (Å²) in [6.45, 7) is 0. The first-order valence-corrected chi connectivity index (χ1v) is 17.3. The summed E-state index contributed by atoms with van der Waals surface area (Å²) in [7, 11) is 0. The minimum atomic E-state index is -4.72. The number of aromatic amines is 2. The number of aromatic nitrogens is 4. The van der Waals surface area contributed by atoms with Crippen molar-refractivity contribution in [3.05, 3.63) is 154 Å². The standard InChI is InChI=1S/C20H11ClF5N3.C20H12ClF4N3/c21-16-14(10-4-2-1-3-5-10)9-15-18(17(16)23)28-29-19(15)27-13-7-11(20(24,25)26)6-12(22)8-13;21-16-14(11-4-2-1-3-5-11)10-15-18(17(16)22)27-28-19(15)26-13-8-6-12(7-9-13)20(23,24)25/h1-9H,(H2,27,28,29);1-10H,(H2,26,27,28). The number of anilines is 4. The van der Waals surface area contributed by atoms with E-state index in [-0.39, 0.29) is 43.8 Å². The molecule has 0 aliphatic heterocycles. The molecule has 0 aliphatic rings. The van der Waals surface area contributed by atoms with Gasteiger partial charge in [-0.1, -0.05) is 83.9 Å². The number of rotatable bonds is 6. The number of nitrogens with one attached hydrogen (secondary N) is 4. The van der Waals surface area contributed by atoms with E-state index in [4.69, 9.17) is 23.2 Å². The summed E-state index contributed by atoms with van der Waals surface area (Å²) < 4.78 is 120. The molecule has 8 aromatic rings. The number of hydrogen-bond donors (Lipinski definition) is 4. The molecule has 0 aliphatic carbocycles. The zero-order valence-corrected chi connectivity index (χ0v) is 30.0. The van der Waals surface area contributed by atoms with Crippen LogP contribution >= 0.6 is 23.2 Å². The highest BCUT2D eigenvalue weighted by Gasteiger charge is 2.32. The van der Waals surface area contributed by atoms with Crippen LogP contribution in [0.4, 0.5) is 62.5 Å². The number of halogens is 11. The van der Waals surface area contributed by atoms with Gasteiger partial charge in [0.1, 0.15) is 16.9 Å². The normalized spacial score (nSPS) is 11.8. The maximum Gasteiger partial charge on any atom is 0.416 e. The van der Waals surface area contributed by atoms with Gasteiger partial charge in [-0.2, -0.15) is 36.5 Å². The number of benzene rings is 6. The van der Waals surface area contributed by atoms with Crippen molar-refractivity contribution in [1.29, 1.82) is 0 Å². The molecule has 0 radical (unpaired) electrons. The van der Waals surface area contributed by atoms with Crippen LogP contribution in [0.3, 0.4) is 0 Å². The largest absolute Gasteiger partial charge is 0.416 e. The molecule has 0 saturated carbocycles. The summed E-state index contributed by atoms with van der Waals surface area (Å²) in [5.74, 6) is -2.15. The summed E-state index contributed by atoms with van der Waals surface area (Å²) >= 11 is 12.3. The Labute approximate surface area is 326 Å². The fraction of sp³-hybridized carbons (Fsp3) is 0.0500. The molecule has 0 spiro atoms. The smallest absolute Gasteiger partial charge is 0.338 e. The number of H-pyrrole nitrogens is 2. The lowest BCUT2D eigenvalue weighted by Gasteiger charge is -2.11. The van der Waals surface area contributed by atoms with Gasteiger partial charge in [-0.05, 0) is 65.7 Å². The molecule has 290 valence electrons. The van der Waals surface area contributed by atoms with Gasteiger partial charge in [0.05, 0.1) is 21.2 Å². The molecule has 0 saturated heterocycles. The van der Waals surface area contributed by atoms with E-state index in [2.05, 4.69) is 31.0 Å². The Balaban J connectivity index is 0.000000174. The van der Waals surface area contributed by atoms with Crippen LogP contribution in [0.15, 0.2) is 115 Å². The second-order valence-corrected chi connectivity index (χ2v) is 13.1. The quantitative estimate of drug-likeness (QED) is 0.126. The van der Waals surface area contributed by atoms with Crippen molar-refractivity contribution in [3.8, 4) is 22.3 Å². The molecule has 6 aromatic carbocycles. The predicted molar refractivity (Wildman–Crippen MR) is 202 cm³/mol. The maximum atomic E-state index is 14.7. The zero-order chi connectivity index (χ0) is 40.6. The van der Waals surface area contributed by atoms with E-state index >= 15 is 0 Å². The molecule has 2 aromatic heterocycles. The molecule has 2 heterocycles. The Morgan fingerprint density at radius 1 is 0.491 bits per heavy atom. The van der Waals surface area contributed by atoms with E-state index in [1.54, 1.807) is 54.6 Å². The SMILES string of the molecule is Fc1c(Cl)c(-c2ccccc2)cc2c(Nc3ccc(C(F)(F)F)cc3)n[nH]c12.Fc1cc(Nc2n[nH]c3c(F)c(Cl)c(-c4ccccc4)cc23)cc(C(F)(F)F)c1. The van der Waals surface area contributed by atoms with Gasteiger partial charge in [0, 0.05) is 33.3 Å². The summed E-state index contributed by atoms with van der Waals surface area (Å²) in [6, 6.07) is 27.6. The first-order chi connectivity index (χ1) is 27.1. The lowest BCUT2D eigenvalue weighted by atomic mass is 10.0. The summed E-state index contributed by atoms with van der Waals surface area (Å²) in [4.78, 5) is 0. The number of alkyl halides is 6. The van der Waals surface area contributed by atoms with Gasteiger partial charge in [0.25, 0.3) is 0 Å². The first-order valence-electron chi connectivity index (χ1n) is 16.5. The number of nitrogens with zero attached hydrogens (tertiary/aromatic N) is 2. The Kier molecular flexibility index (Phi) is 10.5. The van der Waals surface area contributed by atoms with Crippen molar-refractivity contribution in [3.63, 3.8) is 0 Å². The van der Waals surface area contributed by atoms with Gasteiger partial charge in [0.2, 0.25) is 0 Å². The van der Waals surface area contributed by atoms with Crippen LogP contribution in [0.1, 0.15) is 11.1 Å². The third-order valence-corrected chi connectivity index (χ3v) is 9.35. The molecule has 0 amide bonds. The molecule has 57 heavy (non-hydrogen) atoms. The van der Waals surface area contributed by atoms with Gasteiger partial charge in [-0.25, -0.2) is 13.2 Å². The average molecular weight is 830 g/mol. The van der Waals surface area contributed by atoms with Gasteiger partial charge in [0.15, 0.2) is 23.3 Å². The van der Waals surface area contributed by atoms with Crippen LogP contribution in [-0.2, 0) is 12.4 Å². The molecule has 6 nitrogen and oxygen atoms in total. The van der Waals surface area contributed by atoms with Crippen molar-refractivity contribution in [1.82, 2.24) is 20.4 Å². The van der Waals surface area contributed by atoms with Gasteiger partial charge in [-0.15, -0.1) is 0 Å². The lowest BCUT2D eigenvalue weighted by Crippen LogP contribution is -2.06. The van der Waals surface area contributed by atoms with Gasteiger partial charge in [-0.3, -0.25) is 10.2 Å². The van der Waals surface area contributed by atoms with Crippen molar-refractivity contribution in [2.75, 3.05) is 10.6 Å². The van der Waals surface area contributed by atoms with E-state index in [0.717, 1.165) is 29.8 Å². The molecule has 4 N–H and O–H groups in total. The first kappa shape index (κ1) is 39.1.